The van der Waals surface area contributed by atoms with Crippen LogP contribution >= 0.6 is 0 Å². The minimum atomic E-state index is -0.257. The lowest BCUT2D eigenvalue weighted by Gasteiger charge is -1.96. The van der Waals surface area contributed by atoms with Crippen molar-refractivity contribution in [2.75, 3.05) is 0 Å². The molecule has 0 aliphatic heterocycles. The van der Waals surface area contributed by atoms with Crippen molar-refractivity contribution in [3.05, 3.63) is 66.5 Å². The Hall–Kier alpha value is -1.67. The van der Waals surface area contributed by atoms with Crippen LogP contribution in [0, 0.1) is 0 Å². The van der Waals surface area contributed by atoms with E-state index in [2.05, 4.69) is 23.2 Å². The topological polar surface area (TPSA) is 33.1 Å². The molecule has 0 unspecified atom stereocenters. The Morgan fingerprint density at radius 2 is 2.00 bits per heavy atom. The standard InChI is InChI=1S/C17H23NO/c1-16(19)11-8-6-4-2-3-5-7-9-12-17-13-10-14-18-15-17/h2-6,8,10,13-16,19H,7,9,11-12H2,1H3/t16-/m0/s1. The Balaban J connectivity index is 2.07. The third-order valence-corrected chi connectivity index (χ3v) is 2.64. The predicted molar refractivity (Wildman–Crippen MR) is 80.9 cm³/mol. The lowest BCUT2D eigenvalue weighted by Crippen LogP contribution is -1.94. The minimum absolute atomic E-state index is 0.257. The Morgan fingerprint density at radius 1 is 1.21 bits per heavy atom. The Labute approximate surface area is 116 Å². The monoisotopic (exact) mass is 257 g/mol. The van der Waals surface area contributed by atoms with Crippen LogP contribution in [0.1, 0.15) is 31.7 Å². The smallest absolute Gasteiger partial charge is 0.0546 e. The molecule has 0 aliphatic rings. The lowest BCUT2D eigenvalue weighted by molar-refractivity contribution is 0.198. The van der Waals surface area contributed by atoms with Gasteiger partial charge in [0, 0.05) is 12.4 Å². The molecule has 1 aromatic heterocycles. The summed E-state index contributed by atoms with van der Waals surface area (Å²) in [6.45, 7) is 1.79. The van der Waals surface area contributed by atoms with E-state index in [0.717, 1.165) is 19.3 Å². The number of nitrogens with zero attached hydrogens (tertiary/aromatic N) is 1. The number of aryl methyl sites for hydroxylation is 1. The molecule has 1 heterocycles. The van der Waals surface area contributed by atoms with Gasteiger partial charge in [0.05, 0.1) is 6.10 Å². The van der Waals surface area contributed by atoms with Gasteiger partial charge in [0.2, 0.25) is 0 Å². The summed E-state index contributed by atoms with van der Waals surface area (Å²) in [5, 5.41) is 9.05. The third-order valence-electron chi connectivity index (χ3n) is 2.64. The van der Waals surface area contributed by atoms with E-state index in [-0.39, 0.29) is 6.10 Å². The second kappa shape index (κ2) is 10.3. The zero-order chi connectivity index (χ0) is 13.8. The zero-order valence-electron chi connectivity index (χ0n) is 11.6. The van der Waals surface area contributed by atoms with Crippen LogP contribution in [0.4, 0.5) is 0 Å². The molecule has 102 valence electrons. The molecular formula is C17H23NO. The number of aliphatic hydroxyl groups is 1. The van der Waals surface area contributed by atoms with Gasteiger partial charge in [-0.2, -0.15) is 0 Å². The van der Waals surface area contributed by atoms with Crippen LogP contribution in [0.2, 0.25) is 0 Å². The molecule has 1 N–H and O–H groups in total. The highest BCUT2D eigenvalue weighted by Gasteiger charge is 1.90. The molecule has 19 heavy (non-hydrogen) atoms. The van der Waals surface area contributed by atoms with Crippen molar-refractivity contribution in [2.24, 2.45) is 0 Å². The molecule has 1 atom stereocenters. The highest BCUT2D eigenvalue weighted by molar-refractivity contribution is 5.12. The second-order valence-electron chi connectivity index (χ2n) is 4.58. The maximum Gasteiger partial charge on any atom is 0.0546 e. The van der Waals surface area contributed by atoms with Crippen molar-refractivity contribution in [1.29, 1.82) is 0 Å². The first kappa shape index (κ1) is 15.4. The van der Waals surface area contributed by atoms with Crippen LogP contribution in [0.5, 0.6) is 0 Å². The molecule has 0 radical (unpaired) electrons. The van der Waals surface area contributed by atoms with Crippen molar-refractivity contribution >= 4 is 0 Å². The maximum absolute atomic E-state index is 9.05. The molecule has 0 amide bonds. The number of unbranched alkanes of at least 4 members (excludes halogenated alkanes) is 1. The van der Waals surface area contributed by atoms with Crippen LogP contribution in [-0.2, 0) is 6.42 Å². The number of hydrogen-bond acceptors (Lipinski definition) is 2. The van der Waals surface area contributed by atoms with E-state index in [1.54, 1.807) is 13.1 Å². The summed E-state index contributed by atoms with van der Waals surface area (Å²) in [5.41, 5.74) is 1.30. The Morgan fingerprint density at radius 3 is 2.68 bits per heavy atom. The average Bonchev–Trinajstić information content (AvgIpc) is 2.42. The van der Waals surface area contributed by atoms with Crippen molar-refractivity contribution in [3.63, 3.8) is 0 Å². The Bertz CT molecular complexity index is 405. The zero-order valence-corrected chi connectivity index (χ0v) is 11.6. The van der Waals surface area contributed by atoms with E-state index in [0.29, 0.717) is 6.42 Å². The second-order valence-corrected chi connectivity index (χ2v) is 4.58. The molecule has 0 fully saturated rings. The van der Waals surface area contributed by atoms with Crippen LogP contribution in [-0.4, -0.2) is 16.2 Å². The van der Waals surface area contributed by atoms with Gasteiger partial charge < -0.3 is 5.11 Å². The molecule has 2 nitrogen and oxygen atoms in total. The largest absolute Gasteiger partial charge is 0.393 e. The van der Waals surface area contributed by atoms with Gasteiger partial charge in [0.25, 0.3) is 0 Å². The molecule has 0 bridgehead atoms. The molecular weight excluding hydrogens is 234 g/mol. The van der Waals surface area contributed by atoms with Crippen LogP contribution in [0.25, 0.3) is 0 Å². The first-order chi connectivity index (χ1) is 9.29. The lowest BCUT2D eigenvalue weighted by atomic mass is 10.1. The van der Waals surface area contributed by atoms with Gasteiger partial charge in [0.15, 0.2) is 0 Å². The van der Waals surface area contributed by atoms with E-state index in [1.165, 1.54) is 5.56 Å². The van der Waals surface area contributed by atoms with E-state index >= 15 is 0 Å². The maximum atomic E-state index is 9.05. The predicted octanol–water partition coefficient (Wildman–Crippen LogP) is 3.84. The molecule has 0 aromatic carbocycles. The first-order valence-corrected chi connectivity index (χ1v) is 6.84. The fourth-order valence-corrected chi connectivity index (χ4v) is 1.63. The van der Waals surface area contributed by atoms with E-state index < -0.39 is 0 Å². The summed E-state index contributed by atoms with van der Waals surface area (Å²) >= 11 is 0. The molecule has 1 aromatic rings. The molecule has 1 rings (SSSR count). The fourth-order valence-electron chi connectivity index (χ4n) is 1.63. The highest BCUT2D eigenvalue weighted by Crippen LogP contribution is 2.03. The van der Waals surface area contributed by atoms with Gasteiger partial charge in [-0.3, -0.25) is 4.98 Å². The summed E-state index contributed by atoms with van der Waals surface area (Å²) in [7, 11) is 0. The molecule has 0 spiro atoms. The van der Waals surface area contributed by atoms with Crippen molar-refractivity contribution in [1.82, 2.24) is 4.98 Å². The van der Waals surface area contributed by atoms with Gasteiger partial charge in [-0.1, -0.05) is 42.5 Å². The van der Waals surface area contributed by atoms with Crippen molar-refractivity contribution in [2.45, 2.75) is 38.7 Å². The van der Waals surface area contributed by atoms with Gasteiger partial charge in [-0.25, -0.2) is 0 Å². The summed E-state index contributed by atoms with van der Waals surface area (Å²) < 4.78 is 0. The van der Waals surface area contributed by atoms with E-state index in [9.17, 15) is 0 Å². The quantitative estimate of drug-likeness (QED) is 0.567. The summed E-state index contributed by atoms with van der Waals surface area (Å²) in [6.07, 6.45) is 19.7. The third kappa shape index (κ3) is 8.97. The highest BCUT2D eigenvalue weighted by atomic mass is 16.3. The molecule has 2 heteroatoms. The summed E-state index contributed by atoms with van der Waals surface area (Å²) in [6, 6.07) is 4.09. The number of allylic oxidation sites excluding steroid dienone is 5. The SMILES string of the molecule is C[C@H](O)CC=CC=CC=CCCCc1cccnc1. The minimum Gasteiger partial charge on any atom is -0.393 e. The Kier molecular flexibility index (Phi) is 8.32. The molecule has 0 saturated heterocycles. The van der Waals surface area contributed by atoms with Crippen LogP contribution < -0.4 is 0 Å². The molecule has 0 aliphatic carbocycles. The van der Waals surface area contributed by atoms with Gasteiger partial charge in [-0.05, 0) is 44.2 Å². The summed E-state index contributed by atoms with van der Waals surface area (Å²) in [4.78, 5) is 4.10. The van der Waals surface area contributed by atoms with E-state index in [1.807, 2.05) is 36.6 Å². The van der Waals surface area contributed by atoms with Crippen molar-refractivity contribution < 1.29 is 5.11 Å². The number of pyridine rings is 1. The van der Waals surface area contributed by atoms with E-state index in [4.69, 9.17) is 5.11 Å². The van der Waals surface area contributed by atoms with Gasteiger partial charge in [0.1, 0.15) is 0 Å². The van der Waals surface area contributed by atoms with Gasteiger partial charge in [-0.15, -0.1) is 0 Å². The fraction of sp³-hybridized carbons (Fsp3) is 0.353. The number of hydrogen-bond donors (Lipinski definition) is 1. The first-order valence-electron chi connectivity index (χ1n) is 6.84. The van der Waals surface area contributed by atoms with Crippen LogP contribution in [0.15, 0.2) is 61.0 Å². The molecule has 0 saturated carbocycles. The van der Waals surface area contributed by atoms with Crippen LogP contribution in [0.3, 0.4) is 0 Å². The number of aromatic nitrogens is 1. The summed E-state index contributed by atoms with van der Waals surface area (Å²) in [5.74, 6) is 0. The number of aliphatic hydroxyl groups excluding tert-OH is 1. The normalized spacial score (nSPS) is 13.8. The van der Waals surface area contributed by atoms with Gasteiger partial charge >= 0.3 is 0 Å². The average molecular weight is 257 g/mol. The number of rotatable bonds is 8. The van der Waals surface area contributed by atoms with Crippen molar-refractivity contribution in [3.8, 4) is 0 Å².